The molecule has 0 bridgehead atoms. The van der Waals surface area contributed by atoms with Crippen molar-refractivity contribution in [2.45, 2.75) is 62.0 Å². The smallest absolute Gasteiger partial charge is 0.460 e. The summed E-state index contributed by atoms with van der Waals surface area (Å²) in [6.07, 6.45) is -8.66. The lowest BCUT2D eigenvalue weighted by atomic mass is 9.93. The minimum Gasteiger partial charge on any atom is -0.493 e. The van der Waals surface area contributed by atoms with Gasteiger partial charge in [0.2, 0.25) is 0 Å². The van der Waals surface area contributed by atoms with Crippen LogP contribution in [0.5, 0.6) is 5.75 Å². The summed E-state index contributed by atoms with van der Waals surface area (Å²) in [6.45, 7) is 0.333. The average molecular weight is 540 g/mol. The molecule has 0 spiro atoms. The monoisotopic (exact) mass is 540 g/mol. The summed E-state index contributed by atoms with van der Waals surface area (Å²) in [6, 6.07) is 3.98. The summed E-state index contributed by atoms with van der Waals surface area (Å²) < 4.78 is 179. The maximum absolute atomic E-state index is 13.7. The van der Waals surface area contributed by atoms with Crippen LogP contribution in [0.15, 0.2) is 24.3 Å². The fourth-order valence-corrected chi connectivity index (χ4v) is 2.34. The van der Waals surface area contributed by atoms with Crippen molar-refractivity contribution in [2.24, 2.45) is 0 Å². The van der Waals surface area contributed by atoms with Gasteiger partial charge in [-0.2, -0.15) is 57.1 Å². The van der Waals surface area contributed by atoms with Crippen LogP contribution in [-0.4, -0.2) is 55.0 Å². The third kappa shape index (κ3) is 5.88. The van der Waals surface area contributed by atoms with Crippen molar-refractivity contribution in [2.75, 3.05) is 13.2 Å². The van der Waals surface area contributed by atoms with Crippen molar-refractivity contribution in [1.29, 1.82) is 0 Å². The van der Waals surface area contributed by atoms with Gasteiger partial charge in [0, 0.05) is 0 Å². The molecule has 0 aliphatic carbocycles. The van der Waals surface area contributed by atoms with Gasteiger partial charge in [-0.25, -0.2) is 4.79 Å². The quantitative estimate of drug-likeness (QED) is 0.161. The van der Waals surface area contributed by atoms with E-state index in [1.807, 2.05) is 6.92 Å². The highest BCUT2D eigenvalue weighted by molar-refractivity contribution is 5.89. The van der Waals surface area contributed by atoms with E-state index < -0.39 is 60.5 Å². The van der Waals surface area contributed by atoms with Gasteiger partial charge in [0.15, 0.2) is 0 Å². The first kappa shape index (κ1) is 30.6. The Morgan fingerprint density at radius 2 is 1.20 bits per heavy atom. The lowest BCUT2D eigenvalue weighted by Gasteiger charge is -2.39. The topological polar surface area (TPSA) is 35.5 Å². The summed E-state index contributed by atoms with van der Waals surface area (Å²) in [4.78, 5) is 11.7. The molecular weight excluding hydrogens is 523 g/mol. The molecule has 1 rings (SSSR count). The number of carbonyl (C=O) groups is 1. The fourth-order valence-electron chi connectivity index (χ4n) is 2.34. The van der Waals surface area contributed by atoms with Crippen molar-refractivity contribution >= 4 is 5.97 Å². The highest BCUT2D eigenvalue weighted by Gasteiger charge is 2.90. The van der Waals surface area contributed by atoms with Gasteiger partial charge in [-0.3, -0.25) is 0 Å². The number of hydrogen-bond acceptors (Lipinski definition) is 3. The van der Waals surface area contributed by atoms with Gasteiger partial charge in [-0.15, -0.1) is 0 Å². The number of alkyl halides is 13. The molecule has 0 amide bonds. The fraction of sp³-hybridized carbons (Fsp3) is 0.632. The Morgan fingerprint density at radius 3 is 1.66 bits per heavy atom. The second-order valence-electron chi connectivity index (χ2n) is 7.11. The predicted molar refractivity (Wildman–Crippen MR) is 92.5 cm³/mol. The maximum Gasteiger partial charge on any atom is 0.460 e. The largest absolute Gasteiger partial charge is 0.493 e. The number of esters is 1. The lowest BCUT2D eigenvalue weighted by molar-refractivity contribution is -0.440. The summed E-state index contributed by atoms with van der Waals surface area (Å²) in [5, 5.41) is 0. The Kier molecular flexibility index (Phi) is 9.00. The van der Waals surface area contributed by atoms with Crippen LogP contribution in [0.25, 0.3) is 0 Å². The van der Waals surface area contributed by atoms with Crippen LogP contribution >= 0.6 is 0 Å². The molecule has 202 valence electrons. The van der Waals surface area contributed by atoms with Gasteiger partial charge >= 0.3 is 41.8 Å². The van der Waals surface area contributed by atoms with Crippen LogP contribution in [0.1, 0.15) is 36.5 Å². The van der Waals surface area contributed by atoms with Crippen molar-refractivity contribution in [1.82, 2.24) is 0 Å². The molecule has 0 fully saturated rings. The third-order valence-corrected chi connectivity index (χ3v) is 4.50. The number of benzene rings is 1. The van der Waals surface area contributed by atoms with Gasteiger partial charge in [-0.1, -0.05) is 13.3 Å². The van der Waals surface area contributed by atoms with E-state index in [-0.39, 0.29) is 12.2 Å². The molecule has 0 N–H and O–H groups in total. The Hall–Kier alpha value is -2.42. The van der Waals surface area contributed by atoms with E-state index >= 15 is 0 Å². The second-order valence-corrected chi connectivity index (χ2v) is 7.11. The molecular formula is C19H17F13O3. The summed E-state index contributed by atoms with van der Waals surface area (Å²) >= 11 is 0. The number of rotatable bonds is 12. The molecule has 0 heterocycles. The first-order chi connectivity index (χ1) is 15.7. The molecule has 0 aliphatic rings. The highest BCUT2D eigenvalue weighted by Crippen LogP contribution is 2.60. The number of carbonyl (C=O) groups excluding carboxylic acids is 1. The van der Waals surface area contributed by atoms with Crippen molar-refractivity contribution < 1.29 is 71.3 Å². The molecule has 0 unspecified atom stereocenters. The normalized spacial score (nSPS) is 14.1. The van der Waals surface area contributed by atoms with Gasteiger partial charge in [-0.05, 0) is 30.7 Å². The first-order valence-electron chi connectivity index (χ1n) is 9.53. The van der Waals surface area contributed by atoms with Crippen molar-refractivity contribution in [3.63, 3.8) is 0 Å². The number of hydrogen-bond donors (Lipinski definition) is 0. The van der Waals surface area contributed by atoms with E-state index in [0.29, 0.717) is 6.42 Å². The summed E-state index contributed by atoms with van der Waals surface area (Å²) in [5.41, 5.74) is -0.0437. The van der Waals surface area contributed by atoms with Gasteiger partial charge in [0.05, 0.1) is 25.2 Å². The molecule has 35 heavy (non-hydrogen) atoms. The Balaban J connectivity index is 2.93. The number of unbranched alkanes of at least 4 members (excludes halogenated alkanes) is 1. The van der Waals surface area contributed by atoms with E-state index in [0.717, 1.165) is 30.7 Å². The SMILES string of the molecule is CCCCOC(=O)c1ccc(OCCC(F)(F)C(F)(F)C(F)(F)C(F)(F)C(F)(F)C(F)(F)F)cc1. The van der Waals surface area contributed by atoms with Crippen LogP contribution in [0.2, 0.25) is 0 Å². The molecule has 0 atom stereocenters. The van der Waals surface area contributed by atoms with Crippen LogP contribution in [0, 0.1) is 0 Å². The molecule has 0 aliphatic heterocycles. The van der Waals surface area contributed by atoms with E-state index in [1.54, 1.807) is 0 Å². The highest BCUT2D eigenvalue weighted by atomic mass is 19.4. The Morgan fingerprint density at radius 1 is 0.714 bits per heavy atom. The maximum atomic E-state index is 13.7. The zero-order valence-corrected chi connectivity index (χ0v) is 17.5. The molecule has 0 saturated carbocycles. The van der Waals surface area contributed by atoms with E-state index in [1.165, 1.54) is 0 Å². The van der Waals surface area contributed by atoms with Gasteiger partial charge in [0.25, 0.3) is 0 Å². The van der Waals surface area contributed by atoms with Crippen LogP contribution < -0.4 is 4.74 Å². The van der Waals surface area contributed by atoms with Gasteiger partial charge in [0.1, 0.15) is 5.75 Å². The predicted octanol–water partition coefficient (Wildman–Crippen LogP) is 7.15. The molecule has 0 saturated heterocycles. The van der Waals surface area contributed by atoms with Crippen LogP contribution in [-0.2, 0) is 4.74 Å². The van der Waals surface area contributed by atoms with Crippen molar-refractivity contribution in [3.05, 3.63) is 29.8 Å². The van der Waals surface area contributed by atoms with Crippen molar-refractivity contribution in [3.8, 4) is 5.75 Å². The molecule has 16 heteroatoms. The Labute approximate surface area is 189 Å². The summed E-state index contributed by atoms with van der Waals surface area (Å²) in [7, 11) is 0. The van der Waals surface area contributed by atoms with Crippen LogP contribution in [0.3, 0.4) is 0 Å². The zero-order valence-electron chi connectivity index (χ0n) is 17.5. The molecule has 0 aromatic heterocycles. The first-order valence-corrected chi connectivity index (χ1v) is 9.53. The van der Waals surface area contributed by atoms with Crippen LogP contribution in [0.4, 0.5) is 57.1 Å². The molecule has 0 radical (unpaired) electrons. The van der Waals surface area contributed by atoms with E-state index in [2.05, 4.69) is 4.74 Å². The average Bonchev–Trinajstić information content (AvgIpc) is 2.72. The minimum absolute atomic E-state index is 0.0437. The standard InChI is InChI=1S/C19H17F13O3/c1-2-3-9-35-13(33)11-4-6-12(7-5-11)34-10-8-14(20,21)15(22,23)16(24,25)17(26,27)18(28,29)19(30,31)32/h4-7H,2-3,8-10H2,1H3. The summed E-state index contributed by atoms with van der Waals surface area (Å²) in [5.74, 6) is -38.3. The number of ether oxygens (including phenoxy) is 2. The molecule has 1 aromatic carbocycles. The van der Waals surface area contributed by atoms with E-state index in [9.17, 15) is 61.9 Å². The third-order valence-electron chi connectivity index (χ3n) is 4.50. The lowest BCUT2D eigenvalue weighted by Crippen LogP contribution is -2.70. The molecule has 3 nitrogen and oxygen atoms in total. The minimum atomic E-state index is -7.94. The molecule has 1 aromatic rings. The van der Waals surface area contributed by atoms with E-state index in [4.69, 9.17) is 4.74 Å². The zero-order chi connectivity index (χ0) is 27.5. The second kappa shape index (κ2) is 10.3. The number of halogens is 13. The Bertz CT molecular complexity index is 849. The van der Waals surface area contributed by atoms with Gasteiger partial charge < -0.3 is 9.47 Å².